The van der Waals surface area contributed by atoms with Crippen molar-refractivity contribution in [2.75, 3.05) is 19.0 Å². The number of fused-ring (bicyclic) bond motifs is 2. The number of nitrogens with zero attached hydrogens (tertiary/aromatic N) is 2. The molecule has 0 saturated heterocycles. The quantitative estimate of drug-likeness (QED) is 0.830. The molecular formula is C20H22N4O4. The lowest BCUT2D eigenvalue weighted by molar-refractivity contribution is -0.135. The number of nitrogens with one attached hydrogen (secondary N) is 1. The second kappa shape index (κ2) is 6.70. The molecule has 3 N–H and O–H groups in total. The molecule has 0 radical (unpaired) electrons. The van der Waals surface area contributed by atoms with Crippen LogP contribution in [0.25, 0.3) is 0 Å². The Bertz CT molecular complexity index is 994. The summed E-state index contributed by atoms with van der Waals surface area (Å²) in [7, 11) is 3.35. The van der Waals surface area contributed by atoms with E-state index in [0.29, 0.717) is 36.6 Å². The van der Waals surface area contributed by atoms with Crippen molar-refractivity contribution >= 4 is 23.4 Å². The van der Waals surface area contributed by atoms with Crippen molar-refractivity contribution in [2.45, 2.75) is 25.3 Å². The molecule has 0 fully saturated rings. The first-order valence-electron chi connectivity index (χ1n) is 9.13. The Morgan fingerprint density at radius 1 is 1.29 bits per heavy atom. The summed E-state index contributed by atoms with van der Waals surface area (Å²) in [6, 6.07) is 7.12. The van der Waals surface area contributed by atoms with Crippen molar-refractivity contribution in [3.63, 3.8) is 0 Å². The number of ether oxygens (including phenoxy) is 1. The molecular weight excluding hydrogens is 360 g/mol. The summed E-state index contributed by atoms with van der Waals surface area (Å²) in [6.45, 7) is 0.917. The fraction of sp³-hybridized carbons (Fsp3) is 0.350. The molecule has 1 aromatic heterocycles. The fourth-order valence-electron chi connectivity index (χ4n) is 4.08. The van der Waals surface area contributed by atoms with Crippen LogP contribution in [0.2, 0.25) is 0 Å². The van der Waals surface area contributed by atoms with E-state index in [4.69, 9.17) is 10.5 Å². The number of methoxy groups -OCH3 is 1. The van der Waals surface area contributed by atoms with Gasteiger partial charge >= 0.3 is 0 Å². The number of anilines is 1. The van der Waals surface area contributed by atoms with Crippen LogP contribution in [0.5, 0.6) is 5.75 Å². The third-order valence-electron chi connectivity index (χ3n) is 5.60. The van der Waals surface area contributed by atoms with Crippen LogP contribution in [-0.2, 0) is 29.6 Å². The summed E-state index contributed by atoms with van der Waals surface area (Å²) >= 11 is 0. The number of amides is 3. The molecule has 0 bridgehead atoms. The van der Waals surface area contributed by atoms with Crippen LogP contribution in [0.3, 0.4) is 0 Å². The van der Waals surface area contributed by atoms with Gasteiger partial charge in [0.05, 0.1) is 19.6 Å². The van der Waals surface area contributed by atoms with Crippen molar-refractivity contribution in [3.05, 3.63) is 46.8 Å². The van der Waals surface area contributed by atoms with Crippen LogP contribution >= 0.6 is 0 Å². The number of benzene rings is 1. The lowest BCUT2D eigenvalue weighted by Gasteiger charge is -2.33. The molecule has 146 valence electrons. The van der Waals surface area contributed by atoms with Crippen molar-refractivity contribution < 1.29 is 19.1 Å². The highest BCUT2D eigenvalue weighted by Crippen LogP contribution is 2.37. The van der Waals surface area contributed by atoms with E-state index in [-0.39, 0.29) is 18.2 Å². The van der Waals surface area contributed by atoms with Crippen LogP contribution in [0, 0.1) is 0 Å². The summed E-state index contributed by atoms with van der Waals surface area (Å²) in [4.78, 5) is 38.8. The first-order chi connectivity index (χ1) is 13.4. The minimum absolute atomic E-state index is 0.0992. The Morgan fingerprint density at radius 2 is 2.07 bits per heavy atom. The largest absolute Gasteiger partial charge is 0.497 e. The van der Waals surface area contributed by atoms with E-state index in [1.54, 1.807) is 47.9 Å². The third-order valence-corrected chi connectivity index (χ3v) is 5.60. The third kappa shape index (κ3) is 2.90. The highest BCUT2D eigenvalue weighted by Gasteiger charge is 2.35. The summed E-state index contributed by atoms with van der Waals surface area (Å²) in [5, 5.41) is 2.82. The zero-order chi connectivity index (χ0) is 20.0. The highest BCUT2D eigenvalue weighted by atomic mass is 16.5. The molecule has 2 aliphatic heterocycles. The highest BCUT2D eigenvalue weighted by molar-refractivity contribution is 6.01. The second-order valence-corrected chi connectivity index (χ2v) is 7.19. The van der Waals surface area contributed by atoms with Crippen LogP contribution in [0.15, 0.2) is 24.3 Å². The molecule has 1 atom stereocenters. The van der Waals surface area contributed by atoms with E-state index in [0.717, 1.165) is 16.8 Å². The summed E-state index contributed by atoms with van der Waals surface area (Å²) in [5.74, 6) is -0.682. The molecule has 4 rings (SSSR count). The van der Waals surface area contributed by atoms with Gasteiger partial charge < -0.3 is 25.3 Å². The minimum atomic E-state index is -0.559. The number of carbonyl (C=O) groups is 3. The molecule has 3 amide bonds. The lowest BCUT2D eigenvalue weighted by atomic mass is 9.88. The molecule has 0 aliphatic carbocycles. The SMILES string of the molecule is COc1ccc2c(c1)C(C(=O)N1CCc3cc(C(N)=O)n(C)c3C1)CC(=O)N2. The number of aromatic nitrogens is 1. The van der Waals surface area contributed by atoms with Gasteiger partial charge in [0.25, 0.3) is 5.91 Å². The molecule has 8 nitrogen and oxygen atoms in total. The average Bonchev–Trinajstić information content (AvgIpc) is 3.02. The molecule has 1 aromatic carbocycles. The fourth-order valence-corrected chi connectivity index (χ4v) is 4.08. The second-order valence-electron chi connectivity index (χ2n) is 7.19. The van der Waals surface area contributed by atoms with E-state index in [1.807, 2.05) is 0 Å². The molecule has 2 aromatic rings. The van der Waals surface area contributed by atoms with Gasteiger partial charge in [-0.3, -0.25) is 14.4 Å². The first-order valence-corrected chi connectivity index (χ1v) is 9.13. The Morgan fingerprint density at radius 3 is 2.79 bits per heavy atom. The Kier molecular flexibility index (Phi) is 4.33. The van der Waals surface area contributed by atoms with Crippen molar-refractivity contribution in [1.29, 1.82) is 0 Å². The van der Waals surface area contributed by atoms with E-state index in [9.17, 15) is 14.4 Å². The van der Waals surface area contributed by atoms with Crippen LogP contribution < -0.4 is 15.8 Å². The molecule has 0 saturated carbocycles. The molecule has 28 heavy (non-hydrogen) atoms. The molecule has 1 unspecified atom stereocenters. The van der Waals surface area contributed by atoms with E-state index >= 15 is 0 Å². The maximum absolute atomic E-state index is 13.3. The lowest BCUT2D eigenvalue weighted by Crippen LogP contribution is -2.41. The predicted molar refractivity (Wildman–Crippen MR) is 102 cm³/mol. The number of nitrogens with two attached hydrogens (primary N) is 1. The van der Waals surface area contributed by atoms with Gasteiger partial charge in [0.15, 0.2) is 0 Å². The first kappa shape index (κ1) is 18.1. The van der Waals surface area contributed by atoms with Crippen LogP contribution in [-0.4, -0.2) is 40.8 Å². The average molecular weight is 382 g/mol. The zero-order valence-corrected chi connectivity index (χ0v) is 15.8. The molecule has 2 aliphatic rings. The topological polar surface area (TPSA) is 107 Å². The van der Waals surface area contributed by atoms with Crippen LogP contribution in [0.4, 0.5) is 5.69 Å². The monoisotopic (exact) mass is 382 g/mol. The van der Waals surface area contributed by atoms with E-state index in [1.165, 1.54) is 0 Å². The number of rotatable bonds is 3. The summed E-state index contributed by atoms with van der Waals surface area (Å²) in [6.07, 6.45) is 0.744. The Labute approximate surface area is 162 Å². The maximum Gasteiger partial charge on any atom is 0.265 e. The van der Waals surface area contributed by atoms with E-state index < -0.39 is 11.8 Å². The van der Waals surface area contributed by atoms with Crippen LogP contribution in [0.1, 0.15) is 39.6 Å². The van der Waals surface area contributed by atoms with Gasteiger partial charge in [0.1, 0.15) is 11.4 Å². The van der Waals surface area contributed by atoms with Crippen molar-refractivity contribution in [2.24, 2.45) is 12.8 Å². The van der Waals surface area contributed by atoms with Gasteiger partial charge in [-0.05, 0) is 41.8 Å². The maximum atomic E-state index is 13.3. The minimum Gasteiger partial charge on any atom is -0.497 e. The molecule has 0 spiro atoms. The van der Waals surface area contributed by atoms with E-state index in [2.05, 4.69) is 5.32 Å². The molecule has 8 heteroatoms. The van der Waals surface area contributed by atoms with Gasteiger partial charge in [-0.2, -0.15) is 0 Å². The number of primary amides is 1. The predicted octanol–water partition coefficient (Wildman–Crippen LogP) is 1.14. The summed E-state index contributed by atoms with van der Waals surface area (Å²) < 4.78 is 7.03. The van der Waals surface area contributed by atoms with Gasteiger partial charge in [-0.15, -0.1) is 0 Å². The Hall–Kier alpha value is -3.29. The van der Waals surface area contributed by atoms with Crippen molar-refractivity contribution in [3.8, 4) is 5.75 Å². The molecule has 3 heterocycles. The standard InChI is InChI=1S/C20H22N4O4/c1-23-16(19(21)26)7-11-5-6-24(10-17(11)23)20(27)14-9-18(25)22-15-4-3-12(28-2)8-13(14)15/h3-4,7-8,14H,5-6,9-10H2,1-2H3,(H2,21,26)(H,22,25). The van der Waals surface area contributed by atoms with Gasteiger partial charge in [0.2, 0.25) is 11.8 Å². The Balaban J connectivity index is 1.64. The number of hydrogen-bond acceptors (Lipinski definition) is 4. The summed E-state index contributed by atoms with van der Waals surface area (Å²) in [5.41, 5.74) is 9.21. The smallest absolute Gasteiger partial charge is 0.265 e. The van der Waals surface area contributed by atoms with Gasteiger partial charge in [-0.25, -0.2) is 0 Å². The normalized spacial score (nSPS) is 18.1. The number of carbonyl (C=O) groups excluding carboxylic acids is 3. The van der Waals surface area contributed by atoms with Gasteiger partial charge in [-0.1, -0.05) is 0 Å². The zero-order valence-electron chi connectivity index (χ0n) is 15.8. The number of hydrogen-bond donors (Lipinski definition) is 2. The van der Waals surface area contributed by atoms with Crippen molar-refractivity contribution in [1.82, 2.24) is 9.47 Å². The van der Waals surface area contributed by atoms with Gasteiger partial charge in [0, 0.05) is 31.4 Å².